The number of pyridine rings is 1. The van der Waals surface area contributed by atoms with E-state index in [-0.39, 0.29) is 6.03 Å². The fraction of sp³-hybridized carbons (Fsp3) is 0.333. The molecule has 1 aromatic heterocycles. The summed E-state index contributed by atoms with van der Waals surface area (Å²) in [6.45, 7) is 3.56. The molecule has 0 aliphatic rings. The summed E-state index contributed by atoms with van der Waals surface area (Å²) in [5.41, 5.74) is 0.838. The number of carbonyl (C=O) groups is 1. The van der Waals surface area contributed by atoms with Gasteiger partial charge in [0.25, 0.3) is 0 Å². The van der Waals surface area contributed by atoms with E-state index in [0.717, 1.165) is 23.1 Å². The van der Waals surface area contributed by atoms with Gasteiger partial charge in [0, 0.05) is 18.1 Å². The van der Waals surface area contributed by atoms with E-state index in [1.54, 1.807) is 6.20 Å². The molecule has 0 saturated heterocycles. The predicted molar refractivity (Wildman–Crippen MR) is 78.9 cm³/mol. The minimum atomic E-state index is -0.161. The second kappa shape index (κ2) is 7.33. The third-order valence-corrected chi connectivity index (χ3v) is 2.78. The van der Waals surface area contributed by atoms with Crippen LogP contribution in [0.1, 0.15) is 13.3 Å². The highest BCUT2D eigenvalue weighted by Crippen LogP contribution is 2.22. The molecule has 2 rings (SSSR count). The van der Waals surface area contributed by atoms with Crippen LogP contribution >= 0.6 is 0 Å². The van der Waals surface area contributed by atoms with Crippen LogP contribution in [0, 0.1) is 0 Å². The number of hydrogen-bond acceptors (Lipinski definition) is 3. The van der Waals surface area contributed by atoms with Crippen molar-refractivity contribution < 1.29 is 9.53 Å². The van der Waals surface area contributed by atoms with E-state index in [4.69, 9.17) is 4.74 Å². The van der Waals surface area contributed by atoms with E-state index >= 15 is 0 Å². The van der Waals surface area contributed by atoms with Gasteiger partial charge in [-0.2, -0.15) is 0 Å². The molecule has 2 N–H and O–H groups in total. The number of amides is 2. The molecule has 0 radical (unpaired) electrons. The first-order chi connectivity index (χ1) is 9.81. The Morgan fingerprint density at radius 3 is 2.85 bits per heavy atom. The van der Waals surface area contributed by atoms with Gasteiger partial charge in [0.2, 0.25) is 0 Å². The molecule has 0 saturated carbocycles. The van der Waals surface area contributed by atoms with Gasteiger partial charge in [0.1, 0.15) is 17.9 Å². The minimum absolute atomic E-state index is 0.161. The Kier molecular flexibility index (Phi) is 5.17. The first kappa shape index (κ1) is 14.1. The van der Waals surface area contributed by atoms with Crippen LogP contribution in [0.25, 0.3) is 10.9 Å². The number of benzene rings is 1. The molecule has 0 atom stereocenters. The lowest BCUT2D eigenvalue weighted by Crippen LogP contribution is -2.37. The van der Waals surface area contributed by atoms with Crippen LogP contribution in [0.3, 0.4) is 0 Å². The van der Waals surface area contributed by atoms with E-state index in [1.165, 1.54) is 0 Å². The Morgan fingerprint density at radius 1 is 1.20 bits per heavy atom. The van der Waals surface area contributed by atoms with E-state index in [9.17, 15) is 4.79 Å². The Labute approximate surface area is 118 Å². The van der Waals surface area contributed by atoms with Crippen LogP contribution in [0.4, 0.5) is 4.79 Å². The van der Waals surface area contributed by atoms with Crippen molar-refractivity contribution >= 4 is 16.9 Å². The summed E-state index contributed by atoms with van der Waals surface area (Å²) in [5.74, 6) is 0.735. The van der Waals surface area contributed by atoms with Crippen LogP contribution in [0.15, 0.2) is 36.5 Å². The largest absolute Gasteiger partial charge is 0.489 e. The molecule has 0 spiro atoms. The van der Waals surface area contributed by atoms with Crippen LogP contribution in [-0.4, -0.2) is 30.7 Å². The number of carbonyl (C=O) groups excluding carboxylic acids is 1. The van der Waals surface area contributed by atoms with E-state index in [2.05, 4.69) is 15.6 Å². The number of hydrogen-bond donors (Lipinski definition) is 2. The summed E-state index contributed by atoms with van der Waals surface area (Å²) in [7, 11) is 0. The standard InChI is InChI=1S/C15H19N3O2/c1-2-8-17-15(19)18-10-11-20-13-7-3-5-12-6-4-9-16-14(12)13/h3-7,9H,2,8,10-11H2,1H3,(H2,17,18,19). The number of nitrogens with one attached hydrogen (secondary N) is 2. The van der Waals surface area contributed by atoms with Crippen molar-refractivity contribution in [1.29, 1.82) is 0 Å². The Morgan fingerprint density at radius 2 is 2.00 bits per heavy atom. The summed E-state index contributed by atoms with van der Waals surface area (Å²) in [6, 6.07) is 9.53. The molecule has 2 amide bonds. The molecule has 0 bridgehead atoms. The molecule has 2 aromatic rings. The lowest BCUT2D eigenvalue weighted by molar-refractivity contribution is 0.236. The third-order valence-electron chi connectivity index (χ3n) is 2.78. The molecule has 1 heterocycles. The van der Waals surface area contributed by atoms with E-state index in [1.807, 2.05) is 37.3 Å². The zero-order valence-corrected chi connectivity index (χ0v) is 11.6. The SMILES string of the molecule is CCCNC(=O)NCCOc1cccc2cccnc12. The number of fused-ring (bicyclic) bond motifs is 1. The molecule has 0 aliphatic carbocycles. The van der Waals surface area contributed by atoms with E-state index < -0.39 is 0 Å². The number of aromatic nitrogens is 1. The van der Waals surface area contributed by atoms with Crippen LogP contribution in [0.2, 0.25) is 0 Å². The van der Waals surface area contributed by atoms with Crippen molar-refractivity contribution in [3.05, 3.63) is 36.5 Å². The van der Waals surface area contributed by atoms with Gasteiger partial charge in [-0.3, -0.25) is 4.98 Å². The van der Waals surface area contributed by atoms with Crippen molar-refractivity contribution in [3.63, 3.8) is 0 Å². The maximum atomic E-state index is 11.3. The monoisotopic (exact) mass is 273 g/mol. The third kappa shape index (κ3) is 3.85. The molecule has 106 valence electrons. The first-order valence-electron chi connectivity index (χ1n) is 6.79. The smallest absolute Gasteiger partial charge is 0.314 e. The van der Waals surface area contributed by atoms with Gasteiger partial charge in [-0.25, -0.2) is 4.79 Å². The molecule has 0 aliphatic heterocycles. The van der Waals surface area contributed by atoms with Gasteiger partial charge in [-0.05, 0) is 18.6 Å². The summed E-state index contributed by atoms with van der Waals surface area (Å²) in [6.07, 6.45) is 2.66. The van der Waals surface area contributed by atoms with Gasteiger partial charge < -0.3 is 15.4 Å². The Bertz CT molecular complexity index is 567. The summed E-state index contributed by atoms with van der Waals surface area (Å²) < 4.78 is 5.67. The molecule has 0 fully saturated rings. The predicted octanol–water partition coefficient (Wildman–Crippen LogP) is 2.32. The zero-order chi connectivity index (χ0) is 14.2. The maximum absolute atomic E-state index is 11.3. The molecule has 1 aromatic carbocycles. The van der Waals surface area contributed by atoms with Crippen LogP contribution < -0.4 is 15.4 Å². The highest BCUT2D eigenvalue weighted by Gasteiger charge is 2.03. The molecule has 5 nitrogen and oxygen atoms in total. The number of rotatable bonds is 6. The van der Waals surface area contributed by atoms with Crippen molar-refractivity contribution in [2.75, 3.05) is 19.7 Å². The van der Waals surface area contributed by atoms with Gasteiger partial charge >= 0.3 is 6.03 Å². The lowest BCUT2D eigenvalue weighted by Gasteiger charge is -2.10. The van der Waals surface area contributed by atoms with Crippen LogP contribution in [0.5, 0.6) is 5.75 Å². The topological polar surface area (TPSA) is 63.2 Å². The minimum Gasteiger partial charge on any atom is -0.489 e. The van der Waals surface area contributed by atoms with Crippen LogP contribution in [-0.2, 0) is 0 Å². The molecular formula is C15H19N3O2. The van der Waals surface area contributed by atoms with Gasteiger partial charge in [-0.15, -0.1) is 0 Å². The zero-order valence-electron chi connectivity index (χ0n) is 11.6. The number of urea groups is 1. The quantitative estimate of drug-likeness (QED) is 0.794. The number of ether oxygens (including phenoxy) is 1. The number of para-hydroxylation sites is 1. The van der Waals surface area contributed by atoms with E-state index in [0.29, 0.717) is 19.7 Å². The fourth-order valence-electron chi connectivity index (χ4n) is 1.82. The van der Waals surface area contributed by atoms with Crippen molar-refractivity contribution in [2.24, 2.45) is 0 Å². The molecule has 0 unspecified atom stereocenters. The highest BCUT2D eigenvalue weighted by molar-refractivity contribution is 5.84. The van der Waals surface area contributed by atoms with Gasteiger partial charge in [0.05, 0.1) is 6.54 Å². The van der Waals surface area contributed by atoms with Crippen molar-refractivity contribution in [2.45, 2.75) is 13.3 Å². The number of nitrogens with zero attached hydrogens (tertiary/aromatic N) is 1. The second-order valence-corrected chi connectivity index (χ2v) is 4.36. The summed E-state index contributed by atoms with van der Waals surface area (Å²) in [4.78, 5) is 15.6. The van der Waals surface area contributed by atoms with Crippen molar-refractivity contribution in [1.82, 2.24) is 15.6 Å². The maximum Gasteiger partial charge on any atom is 0.314 e. The molecule has 20 heavy (non-hydrogen) atoms. The Balaban J connectivity index is 1.83. The molecular weight excluding hydrogens is 254 g/mol. The van der Waals surface area contributed by atoms with Crippen molar-refractivity contribution in [3.8, 4) is 5.75 Å². The summed E-state index contributed by atoms with van der Waals surface area (Å²) in [5, 5.41) is 6.52. The fourth-order valence-corrected chi connectivity index (χ4v) is 1.82. The van der Waals surface area contributed by atoms with Gasteiger partial charge in [0.15, 0.2) is 0 Å². The lowest BCUT2D eigenvalue weighted by atomic mass is 10.2. The highest BCUT2D eigenvalue weighted by atomic mass is 16.5. The second-order valence-electron chi connectivity index (χ2n) is 4.36. The average Bonchev–Trinajstić information content (AvgIpc) is 2.49. The normalized spacial score (nSPS) is 10.2. The first-order valence-corrected chi connectivity index (χ1v) is 6.79. The molecule has 5 heteroatoms. The Hall–Kier alpha value is -2.30. The van der Waals surface area contributed by atoms with Gasteiger partial charge in [-0.1, -0.05) is 25.1 Å². The summed E-state index contributed by atoms with van der Waals surface area (Å²) >= 11 is 0. The average molecular weight is 273 g/mol.